The molecule has 152 valence electrons. The van der Waals surface area contributed by atoms with E-state index in [9.17, 15) is 18.0 Å². The van der Waals surface area contributed by atoms with Gasteiger partial charge in [0, 0.05) is 11.3 Å². The minimum absolute atomic E-state index is 0.0163. The van der Waals surface area contributed by atoms with Crippen LogP contribution in [0.4, 0.5) is 18.9 Å². The molecule has 0 saturated heterocycles. The molecule has 9 heteroatoms. The molecule has 0 atom stereocenters. The minimum Gasteiger partial charge on any atom is -0.439 e. The van der Waals surface area contributed by atoms with Crippen molar-refractivity contribution in [1.29, 1.82) is 0 Å². The highest BCUT2D eigenvalue weighted by atomic mass is 35.5. The lowest BCUT2D eigenvalue weighted by Crippen LogP contribution is -2.30. The molecule has 0 unspecified atom stereocenters. The first kappa shape index (κ1) is 20.9. The van der Waals surface area contributed by atoms with Gasteiger partial charge in [-0.05, 0) is 25.2 Å². The molecule has 29 heavy (non-hydrogen) atoms. The number of benzene rings is 2. The SMILES string of the molecule is CN(CC(=O)Nc1ccc(Cl)c(C(F)(F)F)c1)Cc1ncc(-c2ccccc2)o1. The standard InChI is InChI=1S/C20H17ClF3N3O2/c1-27(12-19-25-10-17(29-19)13-5-3-2-4-6-13)11-18(28)26-14-7-8-16(21)15(9-14)20(22,23)24/h2-10H,11-12H2,1H3,(H,26,28). The van der Waals surface area contributed by atoms with E-state index in [-0.39, 0.29) is 18.8 Å². The zero-order valence-corrected chi connectivity index (χ0v) is 16.1. The molecule has 1 heterocycles. The summed E-state index contributed by atoms with van der Waals surface area (Å²) in [6.45, 7) is 0.196. The number of carbonyl (C=O) groups excluding carboxylic acids is 1. The maximum atomic E-state index is 12.9. The largest absolute Gasteiger partial charge is 0.439 e. The number of nitrogens with zero attached hydrogens (tertiary/aromatic N) is 2. The van der Waals surface area contributed by atoms with Crippen LogP contribution in [0.1, 0.15) is 11.5 Å². The monoisotopic (exact) mass is 423 g/mol. The fourth-order valence-electron chi connectivity index (χ4n) is 2.67. The van der Waals surface area contributed by atoms with Crippen LogP contribution in [-0.4, -0.2) is 29.4 Å². The average molecular weight is 424 g/mol. The summed E-state index contributed by atoms with van der Waals surface area (Å²) in [7, 11) is 1.68. The van der Waals surface area contributed by atoms with Crippen molar-refractivity contribution < 1.29 is 22.4 Å². The first-order chi connectivity index (χ1) is 13.7. The van der Waals surface area contributed by atoms with Crippen LogP contribution < -0.4 is 5.32 Å². The summed E-state index contributed by atoms with van der Waals surface area (Å²) in [6.07, 6.45) is -3.00. The topological polar surface area (TPSA) is 58.4 Å². The van der Waals surface area contributed by atoms with Crippen molar-refractivity contribution in [3.8, 4) is 11.3 Å². The maximum absolute atomic E-state index is 12.9. The Balaban J connectivity index is 1.58. The van der Waals surface area contributed by atoms with E-state index < -0.39 is 22.7 Å². The molecule has 1 aromatic heterocycles. The second kappa shape index (κ2) is 8.67. The Hall–Kier alpha value is -2.84. The number of amides is 1. The van der Waals surface area contributed by atoms with E-state index in [0.717, 1.165) is 17.7 Å². The molecule has 0 aliphatic heterocycles. The van der Waals surface area contributed by atoms with Crippen LogP contribution in [-0.2, 0) is 17.5 Å². The molecule has 1 amide bonds. The van der Waals surface area contributed by atoms with Gasteiger partial charge in [-0.2, -0.15) is 13.2 Å². The molecule has 3 aromatic rings. The van der Waals surface area contributed by atoms with E-state index in [1.807, 2.05) is 30.3 Å². The van der Waals surface area contributed by atoms with Crippen molar-refractivity contribution in [2.24, 2.45) is 0 Å². The number of halogens is 4. The quantitative estimate of drug-likeness (QED) is 0.600. The van der Waals surface area contributed by atoms with Gasteiger partial charge < -0.3 is 9.73 Å². The number of hydrogen-bond acceptors (Lipinski definition) is 4. The van der Waals surface area contributed by atoms with Crippen LogP contribution in [0, 0.1) is 0 Å². The van der Waals surface area contributed by atoms with Gasteiger partial charge in [0.2, 0.25) is 11.8 Å². The Morgan fingerprint density at radius 1 is 1.21 bits per heavy atom. The van der Waals surface area contributed by atoms with Gasteiger partial charge >= 0.3 is 6.18 Å². The number of oxazole rings is 1. The van der Waals surface area contributed by atoms with Gasteiger partial charge in [-0.25, -0.2) is 4.98 Å². The van der Waals surface area contributed by atoms with Gasteiger partial charge in [-0.15, -0.1) is 0 Å². The van der Waals surface area contributed by atoms with Crippen molar-refractivity contribution in [3.63, 3.8) is 0 Å². The van der Waals surface area contributed by atoms with E-state index >= 15 is 0 Å². The molecule has 0 fully saturated rings. The summed E-state index contributed by atoms with van der Waals surface area (Å²) < 4.78 is 44.4. The fraction of sp³-hybridized carbons (Fsp3) is 0.200. The molecule has 0 aliphatic rings. The molecule has 3 rings (SSSR count). The molecule has 5 nitrogen and oxygen atoms in total. The molecule has 2 aromatic carbocycles. The molecular weight excluding hydrogens is 407 g/mol. The molecule has 0 saturated carbocycles. The van der Waals surface area contributed by atoms with Gasteiger partial charge in [0.1, 0.15) is 0 Å². The van der Waals surface area contributed by atoms with Crippen molar-refractivity contribution >= 4 is 23.2 Å². The minimum atomic E-state index is -4.60. The second-order valence-electron chi connectivity index (χ2n) is 6.40. The lowest BCUT2D eigenvalue weighted by Gasteiger charge is -2.15. The first-order valence-electron chi connectivity index (χ1n) is 8.57. The summed E-state index contributed by atoms with van der Waals surface area (Å²) in [5, 5.41) is 2.01. The maximum Gasteiger partial charge on any atom is 0.417 e. The third-order valence-electron chi connectivity index (χ3n) is 3.99. The van der Waals surface area contributed by atoms with E-state index in [0.29, 0.717) is 11.7 Å². The lowest BCUT2D eigenvalue weighted by atomic mass is 10.2. The van der Waals surface area contributed by atoms with Crippen molar-refractivity contribution in [1.82, 2.24) is 9.88 Å². The van der Waals surface area contributed by atoms with Gasteiger partial charge in [-0.1, -0.05) is 41.9 Å². The highest BCUT2D eigenvalue weighted by Crippen LogP contribution is 2.36. The zero-order chi connectivity index (χ0) is 21.0. The number of aromatic nitrogens is 1. The molecule has 1 N–H and O–H groups in total. The normalized spacial score (nSPS) is 11.7. The van der Waals surface area contributed by atoms with Crippen molar-refractivity contribution in [3.05, 3.63) is 71.2 Å². The van der Waals surface area contributed by atoms with Gasteiger partial charge in [-0.3, -0.25) is 9.69 Å². The Bertz CT molecular complexity index is 990. The summed E-state index contributed by atoms with van der Waals surface area (Å²) >= 11 is 5.58. The third-order valence-corrected chi connectivity index (χ3v) is 4.32. The number of anilines is 1. The molecular formula is C20H17ClF3N3O2. The molecule has 0 radical (unpaired) electrons. The smallest absolute Gasteiger partial charge is 0.417 e. The summed E-state index contributed by atoms with van der Waals surface area (Å²) in [5.74, 6) is 0.557. The number of carbonyl (C=O) groups is 1. The Morgan fingerprint density at radius 2 is 1.93 bits per heavy atom. The van der Waals surface area contributed by atoms with Gasteiger partial charge in [0.15, 0.2) is 5.76 Å². The number of nitrogens with one attached hydrogen (secondary N) is 1. The van der Waals surface area contributed by atoms with E-state index in [1.165, 1.54) is 6.07 Å². The van der Waals surface area contributed by atoms with Gasteiger partial charge in [0.05, 0.1) is 29.9 Å². The third kappa shape index (κ3) is 5.58. The van der Waals surface area contributed by atoms with Crippen LogP contribution in [0.5, 0.6) is 0 Å². The number of rotatable bonds is 6. The molecule has 0 bridgehead atoms. The van der Waals surface area contributed by atoms with Crippen LogP contribution in [0.3, 0.4) is 0 Å². The van der Waals surface area contributed by atoms with E-state index in [4.69, 9.17) is 16.0 Å². The van der Waals surface area contributed by atoms with Crippen molar-refractivity contribution in [2.75, 3.05) is 18.9 Å². The molecule has 0 aliphatic carbocycles. The predicted molar refractivity (Wildman–Crippen MR) is 103 cm³/mol. The fourth-order valence-corrected chi connectivity index (χ4v) is 2.90. The average Bonchev–Trinajstić information content (AvgIpc) is 3.11. The summed E-state index contributed by atoms with van der Waals surface area (Å²) in [5.41, 5.74) is -0.101. The van der Waals surface area contributed by atoms with Crippen LogP contribution >= 0.6 is 11.6 Å². The molecule has 0 spiro atoms. The highest BCUT2D eigenvalue weighted by molar-refractivity contribution is 6.31. The lowest BCUT2D eigenvalue weighted by molar-refractivity contribution is -0.137. The van der Waals surface area contributed by atoms with Crippen LogP contribution in [0.2, 0.25) is 5.02 Å². The Kier molecular flexibility index (Phi) is 6.24. The summed E-state index contributed by atoms with van der Waals surface area (Å²) in [4.78, 5) is 18.0. The first-order valence-corrected chi connectivity index (χ1v) is 8.95. The van der Waals surface area contributed by atoms with Crippen LogP contribution in [0.15, 0.2) is 59.1 Å². The highest BCUT2D eigenvalue weighted by Gasteiger charge is 2.33. The number of hydrogen-bond donors (Lipinski definition) is 1. The Morgan fingerprint density at radius 3 is 2.62 bits per heavy atom. The number of likely N-dealkylation sites (N-methyl/N-ethyl adjacent to an activating group) is 1. The summed E-state index contributed by atoms with van der Waals surface area (Å²) in [6, 6.07) is 12.7. The van der Waals surface area contributed by atoms with Crippen LogP contribution in [0.25, 0.3) is 11.3 Å². The number of alkyl halides is 3. The van der Waals surface area contributed by atoms with Crippen molar-refractivity contribution in [2.45, 2.75) is 12.7 Å². The predicted octanol–water partition coefficient (Wildman–Crippen LogP) is 5.08. The zero-order valence-electron chi connectivity index (χ0n) is 15.3. The Labute approximate surface area is 170 Å². The van der Waals surface area contributed by atoms with E-state index in [2.05, 4.69) is 10.3 Å². The second-order valence-corrected chi connectivity index (χ2v) is 6.80. The van der Waals surface area contributed by atoms with E-state index in [1.54, 1.807) is 18.1 Å². The van der Waals surface area contributed by atoms with Gasteiger partial charge in [0.25, 0.3) is 0 Å².